The maximum Gasteiger partial charge on any atom is 0.268 e. The Bertz CT molecular complexity index is 834. The van der Waals surface area contributed by atoms with E-state index in [4.69, 9.17) is 9.47 Å². The molecule has 6 heteroatoms. The summed E-state index contributed by atoms with van der Waals surface area (Å²) in [5.41, 5.74) is -0.820. The largest absolute Gasteiger partial charge is 0.507 e. The van der Waals surface area contributed by atoms with Gasteiger partial charge in [-0.1, -0.05) is 25.1 Å². The summed E-state index contributed by atoms with van der Waals surface area (Å²) in [4.78, 5) is 14.5. The summed E-state index contributed by atoms with van der Waals surface area (Å²) >= 11 is 0. The third-order valence-electron chi connectivity index (χ3n) is 4.39. The predicted molar refractivity (Wildman–Crippen MR) is 86.0 cm³/mol. The number of carbonyl (C=O) groups excluding carboxylic acids is 1. The second-order valence-corrected chi connectivity index (χ2v) is 5.77. The van der Waals surface area contributed by atoms with Crippen LogP contribution in [0.25, 0.3) is 0 Å². The Morgan fingerprint density at radius 3 is 2.67 bits per heavy atom. The molecule has 1 radical (unpaired) electrons. The summed E-state index contributed by atoms with van der Waals surface area (Å²) in [6.45, 7) is 2.24. The first-order chi connectivity index (χ1) is 11.6. The Balaban J connectivity index is 1.93. The van der Waals surface area contributed by atoms with Crippen LogP contribution in [0, 0.1) is 6.42 Å². The number of fused-ring (bicyclic) bond motifs is 2. The van der Waals surface area contributed by atoms with E-state index in [0.29, 0.717) is 29.3 Å². The van der Waals surface area contributed by atoms with E-state index in [9.17, 15) is 15.0 Å². The minimum atomic E-state index is -1.97. The molecule has 0 aliphatic carbocycles. The number of rotatable bonds is 3. The highest BCUT2D eigenvalue weighted by molar-refractivity contribution is 6.09. The number of nitrogens with zero attached hydrogens (tertiary/aromatic N) is 1. The molecule has 4 rings (SSSR count). The van der Waals surface area contributed by atoms with Gasteiger partial charge in [0.25, 0.3) is 5.91 Å². The van der Waals surface area contributed by atoms with Gasteiger partial charge in [0.05, 0.1) is 5.69 Å². The molecule has 1 atom stereocenters. The number of hydrogen-bond donors (Lipinski definition) is 2. The molecule has 1 unspecified atom stereocenters. The fraction of sp³-hybridized carbons (Fsp3) is 0.222. The number of amides is 1. The standard InChI is InChI=1S/C18H16NO5/c1-2-7-19-13-6-4-3-5-11(13)18(22,17(19)21)12-8-15-16(9-14(12)20)24-10-23-15/h2-6,8-9,20,22H,7,10H2,1H3. The molecule has 6 nitrogen and oxygen atoms in total. The molecule has 24 heavy (non-hydrogen) atoms. The minimum absolute atomic E-state index is 0.0398. The van der Waals surface area contributed by atoms with E-state index in [0.717, 1.165) is 0 Å². The number of aliphatic hydroxyl groups is 1. The van der Waals surface area contributed by atoms with Crippen LogP contribution >= 0.6 is 0 Å². The van der Waals surface area contributed by atoms with Gasteiger partial charge in [0.1, 0.15) is 5.75 Å². The minimum Gasteiger partial charge on any atom is -0.507 e. The van der Waals surface area contributed by atoms with Crippen molar-refractivity contribution in [3.05, 3.63) is 53.9 Å². The van der Waals surface area contributed by atoms with Gasteiger partial charge in [-0.25, -0.2) is 0 Å². The SMILES string of the molecule is C[CH]CN1C(=O)C(O)(c2cc3c(cc2O)OCO3)c2ccccc21. The molecule has 0 spiro atoms. The second-order valence-electron chi connectivity index (χ2n) is 5.77. The van der Waals surface area contributed by atoms with Crippen molar-refractivity contribution < 1.29 is 24.5 Å². The van der Waals surface area contributed by atoms with Crippen molar-refractivity contribution in [1.82, 2.24) is 0 Å². The van der Waals surface area contributed by atoms with Crippen molar-refractivity contribution in [3.8, 4) is 17.2 Å². The Morgan fingerprint density at radius 2 is 1.92 bits per heavy atom. The topological polar surface area (TPSA) is 79.2 Å². The van der Waals surface area contributed by atoms with Crippen LogP contribution in [-0.2, 0) is 10.4 Å². The van der Waals surface area contributed by atoms with Crippen LogP contribution in [0.5, 0.6) is 17.2 Å². The van der Waals surface area contributed by atoms with Gasteiger partial charge < -0.3 is 24.6 Å². The van der Waals surface area contributed by atoms with E-state index >= 15 is 0 Å². The molecule has 0 aromatic heterocycles. The van der Waals surface area contributed by atoms with Gasteiger partial charge in [-0.15, -0.1) is 0 Å². The molecule has 123 valence electrons. The number of phenolic OH excluding ortho intramolecular Hbond substituents is 1. The van der Waals surface area contributed by atoms with Crippen molar-refractivity contribution in [1.29, 1.82) is 0 Å². The summed E-state index contributed by atoms with van der Waals surface area (Å²) in [5, 5.41) is 21.7. The van der Waals surface area contributed by atoms with Crippen LogP contribution in [0.15, 0.2) is 36.4 Å². The van der Waals surface area contributed by atoms with Crippen LogP contribution in [0.3, 0.4) is 0 Å². The number of phenols is 1. The Morgan fingerprint density at radius 1 is 1.21 bits per heavy atom. The summed E-state index contributed by atoms with van der Waals surface area (Å²) < 4.78 is 10.5. The third kappa shape index (κ3) is 1.83. The number of carbonyl (C=O) groups is 1. The Hall–Kier alpha value is -2.73. The first-order valence-corrected chi connectivity index (χ1v) is 7.62. The van der Waals surface area contributed by atoms with E-state index in [1.165, 1.54) is 17.0 Å². The van der Waals surface area contributed by atoms with Crippen molar-refractivity contribution in [3.63, 3.8) is 0 Å². The zero-order valence-electron chi connectivity index (χ0n) is 13.0. The molecule has 0 bridgehead atoms. The lowest BCUT2D eigenvalue weighted by Crippen LogP contribution is -2.41. The first kappa shape index (κ1) is 14.8. The highest BCUT2D eigenvalue weighted by Crippen LogP contribution is 2.49. The van der Waals surface area contributed by atoms with Gasteiger partial charge in [0.15, 0.2) is 11.5 Å². The average Bonchev–Trinajstić information content (AvgIpc) is 3.12. The van der Waals surface area contributed by atoms with Crippen molar-refractivity contribution in [2.45, 2.75) is 12.5 Å². The number of benzene rings is 2. The highest BCUT2D eigenvalue weighted by atomic mass is 16.7. The molecule has 0 saturated heterocycles. The summed E-state index contributed by atoms with van der Waals surface area (Å²) in [6.07, 6.45) is 1.83. The van der Waals surface area contributed by atoms with Gasteiger partial charge in [-0.2, -0.15) is 0 Å². The van der Waals surface area contributed by atoms with Gasteiger partial charge in [-0.05, 0) is 18.6 Å². The molecule has 2 N–H and O–H groups in total. The van der Waals surface area contributed by atoms with Crippen LogP contribution in [0.4, 0.5) is 5.69 Å². The molecule has 0 saturated carbocycles. The van der Waals surface area contributed by atoms with Crippen molar-refractivity contribution >= 4 is 11.6 Å². The monoisotopic (exact) mass is 326 g/mol. The average molecular weight is 326 g/mol. The fourth-order valence-corrected chi connectivity index (χ4v) is 3.28. The van der Waals surface area contributed by atoms with Gasteiger partial charge >= 0.3 is 0 Å². The van der Waals surface area contributed by atoms with E-state index in [1.54, 1.807) is 24.3 Å². The maximum atomic E-state index is 13.0. The van der Waals surface area contributed by atoms with Crippen LogP contribution in [0.1, 0.15) is 18.1 Å². The third-order valence-corrected chi connectivity index (χ3v) is 4.39. The molecular weight excluding hydrogens is 310 g/mol. The lowest BCUT2D eigenvalue weighted by atomic mass is 9.86. The first-order valence-electron chi connectivity index (χ1n) is 7.62. The highest BCUT2D eigenvalue weighted by Gasteiger charge is 2.52. The zero-order chi connectivity index (χ0) is 16.9. The van der Waals surface area contributed by atoms with Gasteiger partial charge in [-0.3, -0.25) is 4.79 Å². The van der Waals surface area contributed by atoms with Crippen LogP contribution < -0.4 is 14.4 Å². The Kier molecular flexibility index (Phi) is 3.18. The summed E-state index contributed by atoms with van der Waals surface area (Å²) in [5.74, 6) is 0.0579. The van der Waals surface area contributed by atoms with Crippen molar-refractivity contribution in [2.75, 3.05) is 18.2 Å². The van der Waals surface area contributed by atoms with Crippen LogP contribution in [-0.4, -0.2) is 29.5 Å². The van der Waals surface area contributed by atoms with Gasteiger partial charge in [0.2, 0.25) is 12.4 Å². The molecule has 2 aliphatic heterocycles. The molecule has 2 aromatic rings. The number of aromatic hydroxyl groups is 1. The number of anilines is 1. The van der Waals surface area contributed by atoms with E-state index < -0.39 is 11.5 Å². The van der Waals surface area contributed by atoms with Gasteiger partial charge in [0, 0.05) is 23.7 Å². The molecule has 0 fully saturated rings. The Labute approximate surface area is 138 Å². The van der Waals surface area contributed by atoms with Crippen LogP contribution in [0.2, 0.25) is 0 Å². The molecule has 1 amide bonds. The quantitative estimate of drug-likeness (QED) is 0.901. The summed E-state index contributed by atoms with van der Waals surface area (Å²) in [6, 6.07) is 9.84. The number of para-hydroxylation sites is 1. The maximum absolute atomic E-state index is 13.0. The van der Waals surface area contributed by atoms with E-state index in [-0.39, 0.29) is 18.1 Å². The zero-order valence-corrected chi connectivity index (χ0v) is 13.0. The fourth-order valence-electron chi connectivity index (χ4n) is 3.28. The second kappa shape index (κ2) is 5.14. The predicted octanol–water partition coefficient (Wildman–Crippen LogP) is 1.93. The number of ether oxygens (including phenoxy) is 2. The van der Waals surface area contributed by atoms with Crippen molar-refractivity contribution in [2.24, 2.45) is 0 Å². The number of hydrogen-bond acceptors (Lipinski definition) is 5. The molecule has 2 aliphatic rings. The normalized spacial score (nSPS) is 21.2. The smallest absolute Gasteiger partial charge is 0.268 e. The molecule has 2 heterocycles. The molecule has 2 aromatic carbocycles. The lowest BCUT2D eigenvalue weighted by Gasteiger charge is -2.24. The summed E-state index contributed by atoms with van der Waals surface area (Å²) in [7, 11) is 0. The lowest BCUT2D eigenvalue weighted by molar-refractivity contribution is -0.132. The van der Waals surface area contributed by atoms with E-state index in [2.05, 4.69) is 0 Å². The van der Waals surface area contributed by atoms with E-state index in [1.807, 2.05) is 13.3 Å². The molecular formula is C18H16NO5.